The second-order valence-electron chi connectivity index (χ2n) is 6.01. The van der Waals surface area contributed by atoms with E-state index < -0.39 is 0 Å². The molecule has 1 aliphatic heterocycles. The van der Waals surface area contributed by atoms with Crippen molar-refractivity contribution in [3.05, 3.63) is 18.1 Å². The minimum Gasteiger partial charge on any atom is -0.393 e. The third kappa shape index (κ3) is 2.72. The average Bonchev–Trinajstić information content (AvgIpc) is 2.97. The summed E-state index contributed by atoms with van der Waals surface area (Å²) in [5.74, 6) is 0.210. The van der Waals surface area contributed by atoms with Crippen molar-refractivity contribution >= 4 is 11.7 Å². The molecule has 2 fully saturated rings. The number of nitrogens with zero attached hydrogens (tertiary/aromatic N) is 3. The summed E-state index contributed by atoms with van der Waals surface area (Å²) in [6, 6.07) is 0.106. The van der Waals surface area contributed by atoms with Gasteiger partial charge >= 0.3 is 0 Å². The number of anilines is 1. The minimum absolute atomic E-state index is 0.106. The lowest BCUT2D eigenvalue weighted by atomic mass is 9.80. The summed E-state index contributed by atoms with van der Waals surface area (Å²) in [4.78, 5) is 22.6. The first-order valence-electron chi connectivity index (χ1n) is 7.74. The van der Waals surface area contributed by atoms with Crippen LogP contribution in [-0.4, -0.2) is 44.6 Å². The maximum absolute atomic E-state index is 12.7. The number of carbonyl (C=O) groups is 1. The van der Waals surface area contributed by atoms with Crippen molar-refractivity contribution < 1.29 is 9.90 Å². The van der Waals surface area contributed by atoms with Gasteiger partial charge in [-0.1, -0.05) is 12.8 Å². The van der Waals surface area contributed by atoms with E-state index >= 15 is 0 Å². The van der Waals surface area contributed by atoms with Gasteiger partial charge in [0.25, 0.3) is 5.91 Å². The summed E-state index contributed by atoms with van der Waals surface area (Å²) in [7, 11) is 0. The Morgan fingerprint density at radius 2 is 1.95 bits per heavy atom. The number of rotatable bonds is 2. The number of aromatic nitrogens is 2. The second-order valence-corrected chi connectivity index (χ2v) is 6.01. The van der Waals surface area contributed by atoms with Crippen LogP contribution in [-0.2, 0) is 0 Å². The second kappa shape index (κ2) is 5.97. The number of aliphatic hydroxyl groups is 1. The Morgan fingerprint density at radius 1 is 1.19 bits per heavy atom. The van der Waals surface area contributed by atoms with Crippen LogP contribution in [0.2, 0.25) is 0 Å². The molecule has 1 aromatic rings. The Balaban J connectivity index is 1.80. The number of likely N-dealkylation sites (tertiary alicyclic amines) is 1. The summed E-state index contributed by atoms with van der Waals surface area (Å²) in [5, 5.41) is 10.3. The van der Waals surface area contributed by atoms with Gasteiger partial charge in [0.15, 0.2) is 11.5 Å². The highest BCUT2D eigenvalue weighted by Crippen LogP contribution is 2.35. The van der Waals surface area contributed by atoms with Gasteiger partial charge < -0.3 is 15.7 Å². The average molecular weight is 290 g/mol. The van der Waals surface area contributed by atoms with Crippen LogP contribution >= 0.6 is 0 Å². The molecule has 21 heavy (non-hydrogen) atoms. The van der Waals surface area contributed by atoms with Gasteiger partial charge in [-0.3, -0.25) is 4.79 Å². The van der Waals surface area contributed by atoms with Crippen molar-refractivity contribution in [2.75, 3.05) is 12.3 Å². The molecule has 3 N–H and O–H groups in total. The Labute approximate surface area is 124 Å². The van der Waals surface area contributed by atoms with E-state index in [2.05, 4.69) is 9.97 Å². The quantitative estimate of drug-likeness (QED) is 0.854. The van der Waals surface area contributed by atoms with E-state index in [0.29, 0.717) is 6.54 Å². The van der Waals surface area contributed by atoms with Crippen molar-refractivity contribution in [3.8, 4) is 0 Å². The lowest BCUT2D eigenvalue weighted by molar-refractivity contribution is 0.0210. The Morgan fingerprint density at radius 3 is 2.71 bits per heavy atom. The van der Waals surface area contributed by atoms with E-state index in [0.717, 1.165) is 38.5 Å². The first-order chi connectivity index (χ1) is 10.2. The van der Waals surface area contributed by atoms with Crippen molar-refractivity contribution in [1.29, 1.82) is 0 Å². The molecule has 6 heteroatoms. The number of hydrogen-bond acceptors (Lipinski definition) is 5. The minimum atomic E-state index is -0.295. The van der Waals surface area contributed by atoms with E-state index in [4.69, 9.17) is 5.73 Å². The highest BCUT2D eigenvalue weighted by molar-refractivity contribution is 5.96. The highest BCUT2D eigenvalue weighted by atomic mass is 16.3. The number of nitrogen functional groups attached to an aromatic ring is 1. The molecule has 1 saturated heterocycles. The van der Waals surface area contributed by atoms with Crippen LogP contribution in [0.15, 0.2) is 12.4 Å². The van der Waals surface area contributed by atoms with Crippen LogP contribution < -0.4 is 5.73 Å². The van der Waals surface area contributed by atoms with Crippen molar-refractivity contribution in [2.24, 2.45) is 5.92 Å². The summed E-state index contributed by atoms with van der Waals surface area (Å²) in [5.41, 5.74) is 6.00. The summed E-state index contributed by atoms with van der Waals surface area (Å²) in [6.07, 6.45) is 8.65. The van der Waals surface area contributed by atoms with Gasteiger partial charge in [-0.05, 0) is 25.7 Å². The lowest BCUT2D eigenvalue weighted by Gasteiger charge is -2.37. The van der Waals surface area contributed by atoms with Gasteiger partial charge in [0, 0.05) is 30.9 Å². The van der Waals surface area contributed by atoms with Gasteiger partial charge in [-0.15, -0.1) is 0 Å². The fraction of sp³-hybridized carbons (Fsp3) is 0.667. The standard InChI is InChI=1S/C15H22N4O2/c16-14-13(17-7-8-18-14)15(21)19-9-3-5-11(19)10-4-1-2-6-12(10)20/h7-8,10-12,20H,1-6,9H2,(H2,16,18). The molecule has 3 atom stereocenters. The third-order valence-corrected chi connectivity index (χ3v) is 4.77. The van der Waals surface area contributed by atoms with Crippen molar-refractivity contribution in [1.82, 2.24) is 14.9 Å². The van der Waals surface area contributed by atoms with Crippen LogP contribution in [0.1, 0.15) is 49.0 Å². The molecule has 0 radical (unpaired) electrons. The van der Waals surface area contributed by atoms with Gasteiger partial charge in [0.2, 0.25) is 0 Å². The molecule has 0 bridgehead atoms. The molecule has 2 aliphatic rings. The van der Waals surface area contributed by atoms with Gasteiger partial charge in [0.1, 0.15) is 0 Å². The summed E-state index contributed by atoms with van der Waals surface area (Å²) in [6.45, 7) is 0.711. The summed E-state index contributed by atoms with van der Waals surface area (Å²) >= 11 is 0. The molecule has 114 valence electrons. The van der Waals surface area contributed by atoms with E-state index in [1.807, 2.05) is 4.90 Å². The molecule has 6 nitrogen and oxygen atoms in total. The molecule has 3 rings (SSSR count). The lowest BCUT2D eigenvalue weighted by Crippen LogP contribution is -2.45. The van der Waals surface area contributed by atoms with E-state index in [9.17, 15) is 9.90 Å². The van der Waals surface area contributed by atoms with Gasteiger partial charge in [0.05, 0.1) is 6.10 Å². The third-order valence-electron chi connectivity index (χ3n) is 4.77. The highest BCUT2D eigenvalue weighted by Gasteiger charge is 2.39. The molecule has 0 aromatic carbocycles. The molecule has 0 spiro atoms. The monoisotopic (exact) mass is 290 g/mol. The topological polar surface area (TPSA) is 92.3 Å². The Hall–Kier alpha value is -1.69. The predicted octanol–water partition coefficient (Wildman–Crippen LogP) is 1.21. The molecular formula is C15H22N4O2. The largest absolute Gasteiger partial charge is 0.393 e. The first-order valence-corrected chi connectivity index (χ1v) is 7.74. The van der Waals surface area contributed by atoms with Crippen LogP contribution in [0.4, 0.5) is 5.82 Å². The zero-order valence-electron chi connectivity index (χ0n) is 12.1. The molecule has 3 unspecified atom stereocenters. The van der Waals surface area contributed by atoms with Crippen LogP contribution in [0, 0.1) is 5.92 Å². The van der Waals surface area contributed by atoms with E-state index in [-0.39, 0.29) is 35.5 Å². The number of carbonyl (C=O) groups excluding carboxylic acids is 1. The van der Waals surface area contributed by atoms with E-state index in [1.165, 1.54) is 12.4 Å². The van der Waals surface area contributed by atoms with Crippen molar-refractivity contribution in [3.63, 3.8) is 0 Å². The predicted molar refractivity (Wildman–Crippen MR) is 78.5 cm³/mol. The fourth-order valence-corrected chi connectivity index (χ4v) is 3.73. The van der Waals surface area contributed by atoms with Crippen molar-refractivity contribution in [2.45, 2.75) is 50.7 Å². The maximum Gasteiger partial charge on any atom is 0.276 e. The van der Waals surface area contributed by atoms with Crippen LogP contribution in [0.5, 0.6) is 0 Å². The molecule has 1 aliphatic carbocycles. The number of aliphatic hydroxyl groups excluding tert-OH is 1. The normalized spacial score (nSPS) is 29.6. The number of amides is 1. The first kappa shape index (κ1) is 14.3. The number of hydrogen-bond donors (Lipinski definition) is 2. The fourth-order valence-electron chi connectivity index (χ4n) is 3.73. The van der Waals surface area contributed by atoms with Gasteiger partial charge in [-0.2, -0.15) is 0 Å². The number of nitrogens with two attached hydrogens (primary N) is 1. The smallest absolute Gasteiger partial charge is 0.276 e. The molecule has 1 saturated carbocycles. The van der Waals surface area contributed by atoms with Crippen LogP contribution in [0.3, 0.4) is 0 Å². The Bertz CT molecular complexity index is 522. The summed E-state index contributed by atoms with van der Waals surface area (Å²) < 4.78 is 0. The maximum atomic E-state index is 12.7. The Kier molecular flexibility index (Phi) is 4.05. The SMILES string of the molecule is Nc1nccnc1C(=O)N1CCCC1C1CCCCC1O. The zero-order chi connectivity index (χ0) is 14.8. The zero-order valence-corrected chi connectivity index (χ0v) is 12.1. The van der Waals surface area contributed by atoms with Gasteiger partial charge in [-0.25, -0.2) is 9.97 Å². The molecule has 1 aromatic heterocycles. The molecule has 1 amide bonds. The molecule has 2 heterocycles. The molecular weight excluding hydrogens is 268 g/mol. The van der Waals surface area contributed by atoms with E-state index in [1.54, 1.807) is 0 Å². The van der Waals surface area contributed by atoms with Crippen LogP contribution in [0.25, 0.3) is 0 Å².